The molecule has 0 saturated heterocycles. The molecule has 0 aliphatic rings. The second-order valence-corrected chi connectivity index (χ2v) is 4.64. The van der Waals surface area contributed by atoms with E-state index in [2.05, 4.69) is 20.9 Å². The molecule has 0 radical (unpaired) electrons. The van der Waals surface area contributed by atoms with Crippen molar-refractivity contribution in [1.29, 1.82) is 0 Å². The monoisotopic (exact) mass is 287 g/mol. The number of methoxy groups -OCH3 is 2. The largest absolute Gasteiger partial charge is 0.495 e. The third-order valence-corrected chi connectivity index (χ3v) is 2.86. The molecular formula is C11H14BrNO3. The first-order chi connectivity index (χ1) is 7.43. The molecule has 1 rings (SSSR count). The van der Waals surface area contributed by atoms with Gasteiger partial charge in [-0.2, -0.15) is 0 Å². The summed E-state index contributed by atoms with van der Waals surface area (Å²) in [5, 5.41) is 0. The Hall–Kier alpha value is -1.10. The summed E-state index contributed by atoms with van der Waals surface area (Å²) in [6.45, 7) is 3.56. The van der Waals surface area contributed by atoms with Crippen molar-refractivity contribution < 1.29 is 14.3 Å². The number of hydrogen-bond donors (Lipinski definition) is 0. The highest BCUT2D eigenvalue weighted by Gasteiger charge is 2.34. The second-order valence-electron chi connectivity index (χ2n) is 3.82. The van der Waals surface area contributed by atoms with E-state index in [0.717, 1.165) is 5.56 Å². The van der Waals surface area contributed by atoms with Crippen LogP contribution < -0.4 is 4.74 Å². The van der Waals surface area contributed by atoms with Gasteiger partial charge in [0.05, 0.1) is 25.8 Å². The summed E-state index contributed by atoms with van der Waals surface area (Å²) in [7, 11) is 2.91. The van der Waals surface area contributed by atoms with E-state index < -0.39 is 5.41 Å². The van der Waals surface area contributed by atoms with Gasteiger partial charge in [0.25, 0.3) is 0 Å². The van der Waals surface area contributed by atoms with Gasteiger partial charge in [0, 0.05) is 5.56 Å². The number of pyridine rings is 1. The van der Waals surface area contributed by atoms with E-state index in [0.29, 0.717) is 10.4 Å². The molecule has 88 valence electrons. The van der Waals surface area contributed by atoms with E-state index >= 15 is 0 Å². The molecule has 0 fully saturated rings. The van der Waals surface area contributed by atoms with Crippen molar-refractivity contribution in [2.75, 3.05) is 14.2 Å². The molecule has 0 unspecified atom stereocenters. The third kappa shape index (κ3) is 2.35. The van der Waals surface area contributed by atoms with Crippen LogP contribution in [0.15, 0.2) is 16.9 Å². The highest BCUT2D eigenvalue weighted by molar-refractivity contribution is 9.10. The van der Waals surface area contributed by atoms with Crippen LogP contribution in [0.3, 0.4) is 0 Å². The number of rotatable bonds is 3. The number of nitrogens with zero attached hydrogens (tertiary/aromatic N) is 1. The zero-order chi connectivity index (χ0) is 12.3. The van der Waals surface area contributed by atoms with Crippen molar-refractivity contribution in [2.24, 2.45) is 0 Å². The lowest BCUT2D eigenvalue weighted by molar-refractivity contribution is -0.146. The van der Waals surface area contributed by atoms with Crippen molar-refractivity contribution in [3.05, 3.63) is 22.4 Å². The number of hydrogen-bond acceptors (Lipinski definition) is 4. The molecule has 0 aromatic carbocycles. The zero-order valence-corrected chi connectivity index (χ0v) is 11.3. The molecule has 16 heavy (non-hydrogen) atoms. The molecule has 5 heteroatoms. The van der Waals surface area contributed by atoms with Gasteiger partial charge in [0.2, 0.25) is 0 Å². The Morgan fingerprint density at radius 1 is 1.44 bits per heavy atom. The van der Waals surface area contributed by atoms with Gasteiger partial charge < -0.3 is 9.47 Å². The van der Waals surface area contributed by atoms with Gasteiger partial charge in [-0.05, 0) is 35.8 Å². The van der Waals surface area contributed by atoms with Gasteiger partial charge in [-0.15, -0.1) is 0 Å². The Labute approximate surface area is 103 Å². The average molecular weight is 288 g/mol. The van der Waals surface area contributed by atoms with Crippen LogP contribution in [-0.4, -0.2) is 25.2 Å². The van der Waals surface area contributed by atoms with Crippen molar-refractivity contribution >= 4 is 21.9 Å². The molecule has 0 atom stereocenters. The fourth-order valence-corrected chi connectivity index (χ4v) is 1.76. The summed E-state index contributed by atoms with van der Waals surface area (Å²) in [5.41, 5.74) is -0.0327. The molecule has 0 spiro atoms. The highest BCUT2D eigenvalue weighted by atomic mass is 79.9. The van der Waals surface area contributed by atoms with Crippen molar-refractivity contribution in [3.8, 4) is 5.75 Å². The number of aromatic nitrogens is 1. The van der Waals surface area contributed by atoms with Gasteiger partial charge in [-0.1, -0.05) is 0 Å². The van der Waals surface area contributed by atoms with E-state index in [1.54, 1.807) is 33.2 Å². The normalized spacial score (nSPS) is 11.1. The molecule has 1 aromatic heterocycles. The Morgan fingerprint density at radius 3 is 2.56 bits per heavy atom. The zero-order valence-electron chi connectivity index (χ0n) is 9.70. The molecule has 1 heterocycles. The van der Waals surface area contributed by atoms with Crippen molar-refractivity contribution in [3.63, 3.8) is 0 Å². The predicted octanol–water partition coefficient (Wildman–Crippen LogP) is 2.30. The van der Waals surface area contributed by atoms with E-state index in [1.807, 2.05) is 0 Å². The molecule has 0 bridgehead atoms. The first-order valence-corrected chi connectivity index (χ1v) is 5.51. The van der Waals surface area contributed by atoms with Crippen LogP contribution in [0.4, 0.5) is 0 Å². The summed E-state index contributed by atoms with van der Waals surface area (Å²) < 4.78 is 10.6. The predicted molar refractivity (Wildman–Crippen MR) is 63.5 cm³/mol. The number of ether oxygens (including phenoxy) is 2. The Balaban J connectivity index is 3.30. The maximum Gasteiger partial charge on any atom is 0.315 e. The summed E-state index contributed by atoms with van der Waals surface area (Å²) in [5.74, 6) is 0.252. The van der Waals surface area contributed by atoms with Crippen LogP contribution in [0.25, 0.3) is 0 Å². The van der Waals surface area contributed by atoms with Gasteiger partial charge in [-0.25, -0.2) is 4.98 Å². The lowest BCUT2D eigenvalue weighted by Crippen LogP contribution is -2.30. The van der Waals surface area contributed by atoms with Crippen LogP contribution in [0.1, 0.15) is 19.4 Å². The fraction of sp³-hybridized carbons (Fsp3) is 0.455. The van der Waals surface area contributed by atoms with Crippen LogP contribution in [0, 0.1) is 0 Å². The smallest absolute Gasteiger partial charge is 0.315 e. The molecule has 0 saturated carbocycles. The van der Waals surface area contributed by atoms with Crippen LogP contribution in [-0.2, 0) is 14.9 Å². The summed E-state index contributed by atoms with van der Waals surface area (Å²) in [6.07, 6.45) is 1.57. The first-order valence-electron chi connectivity index (χ1n) is 4.72. The quantitative estimate of drug-likeness (QED) is 0.632. The molecule has 4 nitrogen and oxygen atoms in total. The minimum atomic E-state index is -0.772. The van der Waals surface area contributed by atoms with E-state index in [-0.39, 0.29) is 5.97 Å². The fourth-order valence-electron chi connectivity index (χ4n) is 1.43. The van der Waals surface area contributed by atoms with Gasteiger partial charge in [0.1, 0.15) is 10.4 Å². The average Bonchev–Trinajstić information content (AvgIpc) is 2.27. The number of carbonyl (C=O) groups is 1. The summed E-state index contributed by atoms with van der Waals surface area (Å²) in [4.78, 5) is 15.7. The Kier molecular flexibility index (Phi) is 3.91. The number of halogens is 1. The van der Waals surface area contributed by atoms with Crippen LogP contribution in [0.5, 0.6) is 5.75 Å². The first kappa shape index (κ1) is 13.0. The minimum absolute atomic E-state index is 0.316. The molecule has 0 aliphatic heterocycles. The van der Waals surface area contributed by atoms with E-state index in [1.165, 1.54) is 7.11 Å². The van der Waals surface area contributed by atoms with Crippen molar-refractivity contribution in [2.45, 2.75) is 19.3 Å². The number of esters is 1. The van der Waals surface area contributed by atoms with E-state index in [4.69, 9.17) is 9.47 Å². The Morgan fingerprint density at radius 2 is 2.06 bits per heavy atom. The maximum atomic E-state index is 11.7. The molecule has 0 N–H and O–H groups in total. The lowest BCUT2D eigenvalue weighted by atomic mass is 9.85. The van der Waals surface area contributed by atoms with Gasteiger partial charge in [-0.3, -0.25) is 4.79 Å². The lowest BCUT2D eigenvalue weighted by Gasteiger charge is -2.23. The molecule has 0 amide bonds. The van der Waals surface area contributed by atoms with Gasteiger partial charge in [0.15, 0.2) is 0 Å². The summed E-state index contributed by atoms with van der Waals surface area (Å²) in [6, 6.07) is 1.76. The second kappa shape index (κ2) is 4.82. The molecule has 1 aromatic rings. The highest BCUT2D eigenvalue weighted by Crippen LogP contribution is 2.33. The Bertz CT molecular complexity index is 404. The minimum Gasteiger partial charge on any atom is -0.495 e. The van der Waals surface area contributed by atoms with Crippen LogP contribution in [0.2, 0.25) is 0 Å². The van der Waals surface area contributed by atoms with Gasteiger partial charge >= 0.3 is 5.97 Å². The van der Waals surface area contributed by atoms with Crippen molar-refractivity contribution in [1.82, 2.24) is 4.98 Å². The SMILES string of the molecule is COC(=O)C(C)(C)c1cc(Br)ncc1OC. The number of carbonyl (C=O) groups excluding carboxylic acids is 1. The topological polar surface area (TPSA) is 48.4 Å². The molecular weight excluding hydrogens is 274 g/mol. The third-order valence-electron chi connectivity index (χ3n) is 2.42. The van der Waals surface area contributed by atoms with E-state index in [9.17, 15) is 4.79 Å². The summed E-state index contributed by atoms with van der Waals surface area (Å²) >= 11 is 3.27. The maximum absolute atomic E-state index is 11.7. The standard InChI is InChI=1S/C11H14BrNO3/c1-11(2,10(14)16-4)7-5-9(12)13-6-8(7)15-3/h5-6H,1-4H3. The molecule has 0 aliphatic carbocycles. The van der Waals surface area contributed by atoms with Crippen LogP contribution >= 0.6 is 15.9 Å².